The summed E-state index contributed by atoms with van der Waals surface area (Å²) in [6.45, 7) is 6.64. The van der Waals surface area contributed by atoms with Gasteiger partial charge in [-0.3, -0.25) is 4.90 Å². The fourth-order valence-corrected chi connectivity index (χ4v) is 2.35. The molecule has 1 aliphatic rings. The van der Waals surface area contributed by atoms with E-state index in [1.807, 2.05) is 24.3 Å². The van der Waals surface area contributed by atoms with Gasteiger partial charge in [-0.1, -0.05) is 26.0 Å². The Morgan fingerprint density at radius 3 is 2.42 bits per heavy atom. The minimum Gasteiger partial charge on any atom is -0.465 e. The third kappa shape index (κ3) is 4.06. The second kappa shape index (κ2) is 6.20. The molecule has 0 bridgehead atoms. The predicted molar refractivity (Wildman–Crippen MR) is 76.1 cm³/mol. The van der Waals surface area contributed by atoms with E-state index in [1.165, 1.54) is 25.5 Å². The van der Waals surface area contributed by atoms with Gasteiger partial charge in [-0.05, 0) is 36.5 Å². The number of hydrogen-bond donors (Lipinski definition) is 0. The maximum Gasteiger partial charge on any atom is 0.337 e. The number of methoxy groups -OCH3 is 1. The summed E-state index contributed by atoms with van der Waals surface area (Å²) in [6.07, 6.45) is 2.65. The van der Waals surface area contributed by atoms with E-state index < -0.39 is 0 Å². The lowest BCUT2D eigenvalue weighted by Crippen LogP contribution is -2.29. The van der Waals surface area contributed by atoms with Crippen molar-refractivity contribution in [1.29, 1.82) is 0 Å². The van der Waals surface area contributed by atoms with Crippen molar-refractivity contribution in [3.8, 4) is 0 Å². The molecule has 1 aromatic carbocycles. The van der Waals surface area contributed by atoms with Crippen molar-refractivity contribution in [2.75, 3.05) is 13.7 Å². The van der Waals surface area contributed by atoms with Crippen molar-refractivity contribution in [3.05, 3.63) is 35.4 Å². The molecule has 19 heavy (non-hydrogen) atoms. The molecule has 2 rings (SSSR count). The van der Waals surface area contributed by atoms with Gasteiger partial charge in [0.05, 0.1) is 12.7 Å². The molecule has 0 heterocycles. The number of hydrogen-bond acceptors (Lipinski definition) is 3. The molecule has 1 fully saturated rings. The molecule has 0 unspecified atom stereocenters. The molecule has 0 amide bonds. The molecule has 0 aromatic heterocycles. The van der Waals surface area contributed by atoms with Crippen LogP contribution in [-0.2, 0) is 11.3 Å². The summed E-state index contributed by atoms with van der Waals surface area (Å²) >= 11 is 0. The zero-order valence-corrected chi connectivity index (χ0v) is 12.1. The molecule has 0 aliphatic heterocycles. The van der Waals surface area contributed by atoms with E-state index in [0.29, 0.717) is 11.5 Å². The first kappa shape index (κ1) is 14.1. The Bertz CT molecular complexity index is 421. The van der Waals surface area contributed by atoms with Gasteiger partial charge in [-0.15, -0.1) is 0 Å². The smallest absolute Gasteiger partial charge is 0.337 e. The van der Waals surface area contributed by atoms with Crippen LogP contribution < -0.4 is 0 Å². The van der Waals surface area contributed by atoms with Crippen molar-refractivity contribution >= 4 is 5.97 Å². The van der Waals surface area contributed by atoms with Gasteiger partial charge in [-0.25, -0.2) is 4.79 Å². The van der Waals surface area contributed by atoms with Gasteiger partial charge in [0.2, 0.25) is 0 Å². The Balaban J connectivity index is 1.99. The van der Waals surface area contributed by atoms with Crippen LogP contribution in [0.1, 0.15) is 42.6 Å². The number of nitrogens with zero attached hydrogens (tertiary/aromatic N) is 1. The van der Waals surface area contributed by atoms with Crippen LogP contribution in [0.2, 0.25) is 0 Å². The van der Waals surface area contributed by atoms with Gasteiger partial charge in [0.15, 0.2) is 0 Å². The van der Waals surface area contributed by atoms with E-state index in [2.05, 4.69) is 18.7 Å². The number of carbonyl (C=O) groups excluding carboxylic acids is 1. The average molecular weight is 261 g/mol. The van der Waals surface area contributed by atoms with E-state index in [4.69, 9.17) is 4.74 Å². The number of ether oxygens (including phenoxy) is 1. The zero-order chi connectivity index (χ0) is 13.8. The largest absolute Gasteiger partial charge is 0.465 e. The highest BCUT2D eigenvalue weighted by molar-refractivity contribution is 5.89. The Labute approximate surface area is 115 Å². The molecule has 0 saturated heterocycles. The molecule has 3 heteroatoms. The molecule has 1 aliphatic carbocycles. The Morgan fingerprint density at radius 2 is 1.95 bits per heavy atom. The van der Waals surface area contributed by atoms with Gasteiger partial charge >= 0.3 is 5.97 Å². The van der Waals surface area contributed by atoms with Crippen molar-refractivity contribution in [2.45, 2.75) is 39.3 Å². The Morgan fingerprint density at radius 1 is 1.32 bits per heavy atom. The lowest BCUT2D eigenvalue weighted by Gasteiger charge is -2.24. The number of esters is 1. The van der Waals surface area contributed by atoms with Gasteiger partial charge in [0, 0.05) is 19.1 Å². The fraction of sp³-hybridized carbons (Fsp3) is 0.562. The van der Waals surface area contributed by atoms with Crippen LogP contribution in [0.3, 0.4) is 0 Å². The second-order valence-corrected chi connectivity index (χ2v) is 5.74. The predicted octanol–water partition coefficient (Wildman–Crippen LogP) is 3.09. The molecule has 0 atom stereocenters. The summed E-state index contributed by atoms with van der Waals surface area (Å²) in [4.78, 5) is 13.9. The first-order chi connectivity index (χ1) is 9.10. The van der Waals surface area contributed by atoms with Crippen LogP contribution >= 0.6 is 0 Å². The summed E-state index contributed by atoms with van der Waals surface area (Å²) in [7, 11) is 1.41. The van der Waals surface area contributed by atoms with Gasteiger partial charge < -0.3 is 4.74 Å². The van der Waals surface area contributed by atoms with Gasteiger partial charge in [0.25, 0.3) is 0 Å². The minimum absolute atomic E-state index is 0.271. The summed E-state index contributed by atoms with van der Waals surface area (Å²) in [5.74, 6) is 0.419. The Kier molecular flexibility index (Phi) is 4.59. The van der Waals surface area contributed by atoms with Crippen molar-refractivity contribution < 1.29 is 9.53 Å². The maximum absolute atomic E-state index is 11.4. The van der Waals surface area contributed by atoms with Crippen molar-refractivity contribution in [2.24, 2.45) is 5.92 Å². The molecular weight excluding hydrogens is 238 g/mol. The molecule has 0 N–H and O–H groups in total. The molecule has 0 radical (unpaired) electrons. The van der Waals surface area contributed by atoms with E-state index in [9.17, 15) is 4.79 Å². The van der Waals surface area contributed by atoms with Crippen molar-refractivity contribution in [3.63, 3.8) is 0 Å². The third-order valence-electron chi connectivity index (χ3n) is 3.42. The standard InChI is InChI=1S/C16H23NO2/c1-12(2)10-17(15-8-9-15)11-13-4-6-14(7-5-13)16(18)19-3/h4-7,12,15H,8-11H2,1-3H3. The van der Waals surface area contributed by atoms with Crippen LogP contribution in [0.4, 0.5) is 0 Å². The normalized spacial score (nSPS) is 15.0. The quantitative estimate of drug-likeness (QED) is 0.737. The van der Waals surface area contributed by atoms with E-state index in [1.54, 1.807) is 0 Å². The van der Waals surface area contributed by atoms with E-state index in [0.717, 1.165) is 19.1 Å². The van der Waals surface area contributed by atoms with Crippen molar-refractivity contribution in [1.82, 2.24) is 4.90 Å². The van der Waals surface area contributed by atoms with Crippen LogP contribution in [0.5, 0.6) is 0 Å². The van der Waals surface area contributed by atoms with Crippen LogP contribution in [0.15, 0.2) is 24.3 Å². The van der Waals surface area contributed by atoms with E-state index in [-0.39, 0.29) is 5.97 Å². The summed E-state index contributed by atoms with van der Waals surface area (Å²) in [5, 5.41) is 0. The third-order valence-corrected chi connectivity index (χ3v) is 3.42. The summed E-state index contributed by atoms with van der Waals surface area (Å²) in [5.41, 5.74) is 1.88. The van der Waals surface area contributed by atoms with Crippen LogP contribution in [-0.4, -0.2) is 30.6 Å². The summed E-state index contributed by atoms with van der Waals surface area (Å²) < 4.78 is 4.71. The first-order valence-corrected chi connectivity index (χ1v) is 7.01. The number of benzene rings is 1. The Hall–Kier alpha value is -1.35. The van der Waals surface area contributed by atoms with Gasteiger partial charge in [0.1, 0.15) is 0 Å². The number of carbonyl (C=O) groups is 1. The molecule has 3 nitrogen and oxygen atoms in total. The molecule has 1 saturated carbocycles. The van der Waals surface area contributed by atoms with Crippen LogP contribution in [0.25, 0.3) is 0 Å². The van der Waals surface area contributed by atoms with Crippen LogP contribution in [0, 0.1) is 5.92 Å². The molecule has 104 valence electrons. The lowest BCUT2D eigenvalue weighted by atomic mass is 10.1. The zero-order valence-electron chi connectivity index (χ0n) is 12.1. The minimum atomic E-state index is -0.271. The SMILES string of the molecule is COC(=O)c1ccc(CN(CC(C)C)C2CC2)cc1. The molecular formula is C16H23NO2. The fourth-order valence-electron chi connectivity index (χ4n) is 2.35. The highest BCUT2D eigenvalue weighted by Gasteiger charge is 2.29. The monoisotopic (exact) mass is 261 g/mol. The average Bonchev–Trinajstić information content (AvgIpc) is 3.21. The highest BCUT2D eigenvalue weighted by Crippen LogP contribution is 2.29. The number of rotatable bonds is 6. The molecule has 0 spiro atoms. The molecule has 1 aromatic rings. The summed E-state index contributed by atoms with van der Waals surface area (Å²) in [6, 6.07) is 8.52. The highest BCUT2D eigenvalue weighted by atomic mass is 16.5. The van der Waals surface area contributed by atoms with Gasteiger partial charge in [-0.2, -0.15) is 0 Å². The maximum atomic E-state index is 11.4. The van der Waals surface area contributed by atoms with E-state index >= 15 is 0 Å². The lowest BCUT2D eigenvalue weighted by molar-refractivity contribution is 0.0600. The topological polar surface area (TPSA) is 29.5 Å². The second-order valence-electron chi connectivity index (χ2n) is 5.74. The first-order valence-electron chi connectivity index (χ1n) is 7.01.